The first kappa shape index (κ1) is 14.9. The fraction of sp³-hybridized carbons (Fsp3) is 0.800. The lowest BCUT2D eigenvalue weighted by molar-refractivity contribution is -0.161. The third kappa shape index (κ3) is 4.63. The standard InChI is InChI=1S/C10H15F3O3/c1-4-16-8(15)9(2,3)7(14)5-6-10(11,12)13/h4-6H2,1-3H3. The Kier molecular flexibility index (Phi) is 4.96. The van der Waals surface area contributed by atoms with E-state index >= 15 is 0 Å². The summed E-state index contributed by atoms with van der Waals surface area (Å²) >= 11 is 0. The molecule has 0 aromatic heterocycles. The van der Waals surface area contributed by atoms with E-state index in [1.165, 1.54) is 13.8 Å². The second kappa shape index (κ2) is 5.32. The molecule has 94 valence electrons. The maximum atomic E-state index is 11.9. The van der Waals surface area contributed by atoms with E-state index in [9.17, 15) is 22.8 Å². The van der Waals surface area contributed by atoms with Crippen molar-refractivity contribution in [3.8, 4) is 0 Å². The van der Waals surface area contributed by atoms with Crippen molar-refractivity contribution in [3.63, 3.8) is 0 Å². The van der Waals surface area contributed by atoms with Gasteiger partial charge in [-0.25, -0.2) is 0 Å². The molecule has 0 N–H and O–H groups in total. The molecule has 0 atom stereocenters. The van der Waals surface area contributed by atoms with Crippen LogP contribution in [-0.4, -0.2) is 24.5 Å². The van der Waals surface area contributed by atoms with Gasteiger partial charge in [-0.3, -0.25) is 9.59 Å². The summed E-state index contributed by atoms with van der Waals surface area (Å²) in [4.78, 5) is 22.7. The van der Waals surface area contributed by atoms with Crippen molar-refractivity contribution in [1.29, 1.82) is 0 Å². The SMILES string of the molecule is CCOC(=O)C(C)(C)C(=O)CCC(F)(F)F. The monoisotopic (exact) mass is 240 g/mol. The van der Waals surface area contributed by atoms with E-state index in [0.717, 1.165) is 0 Å². The van der Waals surface area contributed by atoms with Crippen LogP contribution in [0.5, 0.6) is 0 Å². The quantitative estimate of drug-likeness (QED) is 0.547. The van der Waals surface area contributed by atoms with Crippen LogP contribution in [0.25, 0.3) is 0 Å². The molecule has 0 aliphatic rings. The summed E-state index contributed by atoms with van der Waals surface area (Å²) in [6, 6.07) is 0. The lowest BCUT2D eigenvalue weighted by Gasteiger charge is -2.20. The van der Waals surface area contributed by atoms with Gasteiger partial charge >= 0.3 is 12.1 Å². The average molecular weight is 240 g/mol. The van der Waals surface area contributed by atoms with Crippen LogP contribution in [0, 0.1) is 5.41 Å². The van der Waals surface area contributed by atoms with Crippen molar-refractivity contribution in [1.82, 2.24) is 0 Å². The van der Waals surface area contributed by atoms with Gasteiger partial charge in [-0.05, 0) is 20.8 Å². The molecule has 0 saturated heterocycles. The zero-order valence-electron chi connectivity index (χ0n) is 9.48. The number of hydrogen-bond donors (Lipinski definition) is 0. The summed E-state index contributed by atoms with van der Waals surface area (Å²) in [5.41, 5.74) is -1.51. The number of esters is 1. The molecular formula is C10H15F3O3. The molecular weight excluding hydrogens is 225 g/mol. The van der Waals surface area contributed by atoms with Gasteiger partial charge in [-0.1, -0.05) is 0 Å². The number of carbonyl (C=O) groups is 2. The molecule has 3 nitrogen and oxygen atoms in total. The Morgan fingerprint density at radius 3 is 2.06 bits per heavy atom. The number of ether oxygens (including phenoxy) is 1. The van der Waals surface area contributed by atoms with Crippen molar-refractivity contribution in [2.75, 3.05) is 6.61 Å². The number of carbonyl (C=O) groups excluding carboxylic acids is 2. The maximum absolute atomic E-state index is 11.9. The molecule has 0 bridgehead atoms. The first-order chi connectivity index (χ1) is 7.11. The number of ketones is 1. The van der Waals surface area contributed by atoms with Crippen LogP contribution in [0.3, 0.4) is 0 Å². The van der Waals surface area contributed by atoms with E-state index in [2.05, 4.69) is 4.74 Å². The van der Waals surface area contributed by atoms with Crippen LogP contribution in [-0.2, 0) is 14.3 Å². The van der Waals surface area contributed by atoms with Crippen LogP contribution < -0.4 is 0 Å². The van der Waals surface area contributed by atoms with Crippen molar-refractivity contribution >= 4 is 11.8 Å². The molecule has 0 saturated carbocycles. The van der Waals surface area contributed by atoms with Gasteiger partial charge in [0.15, 0.2) is 0 Å². The fourth-order valence-electron chi connectivity index (χ4n) is 0.993. The minimum absolute atomic E-state index is 0.0921. The largest absolute Gasteiger partial charge is 0.465 e. The zero-order valence-corrected chi connectivity index (χ0v) is 9.48. The molecule has 0 rings (SSSR count). The van der Waals surface area contributed by atoms with Crippen LogP contribution in [0.4, 0.5) is 13.2 Å². The highest BCUT2D eigenvalue weighted by molar-refractivity contribution is 6.02. The minimum atomic E-state index is -4.39. The predicted molar refractivity (Wildman–Crippen MR) is 50.7 cm³/mol. The second-order valence-corrected chi connectivity index (χ2v) is 3.88. The summed E-state index contributed by atoms with van der Waals surface area (Å²) in [6.45, 7) is 4.19. The van der Waals surface area contributed by atoms with E-state index in [-0.39, 0.29) is 6.61 Å². The summed E-state index contributed by atoms with van der Waals surface area (Å²) in [5, 5.41) is 0. The van der Waals surface area contributed by atoms with Crippen LogP contribution in [0.2, 0.25) is 0 Å². The van der Waals surface area contributed by atoms with Gasteiger partial charge in [-0.15, -0.1) is 0 Å². The molecule has 0 heterocycles. The molecule has 0 amide bonds. The first-order valence-corrected chi connectivity index (χ1v) is 4.88. The smallest absolute Gasteiger partial charge is 0.389 e. The van der Waals surface area contributed by atoms with Gasteiger partial charge in [0.2, 0.25) is 0 Å². The molecule has 0 unspecified atom stereocenters. The zero-order chi connectivity index (χ0) is 13.0. The summed E-state index contributed by atoms with van der Waals surface area (Å²) in [7, 11) is 0. The number of hydrogen-bond acceptors (Lipinski definition) is 3. The highest BCUT2D eigenvalue weighted by atomic mass is 19.4. The third-order valence-corrected chi connectivity index (χ3v) is 2.12. The molecule has 0 aliphatic carbocycles. The average Bonchev–Trinajstić information content (AvgIpc) is 2.13. The summed E-state index contributed by atoms with van der Waals surface area (Å²) in [5.74, 6) is -1.55. The van der Waals surface area contributed by atoms with Crippen LogP contribution in [0.15, 0.2) is 0 Å². The Balaban J connectivity index is 4.41. The van der Waals surface area contributed by atoms with E-state index in [1.54, 1.807) is 6.92 Å². The summed E-state index contributed by atoms with van der Waals surface area (Å²) in [6.07, 6.45) is -6.30. The van der Waals surface area contributed by atoms with Crippen molar-refractivity contribution in [3.05, 3.63) is 0 Å². The highest BCUT2D eigenvalue weighted by Crippen LogP contribution is 2.27. The molecule has 0 aromatic carbocycles. The van der Waals surface area contributed by atoms with Crippen LogP contribution in [0.1, 0.15) is 33.6 Å². The molecule has 0 spiro atoms. The topological polar surface area (TPSA) is 43.4 Å². The van der Waals surface area contributed by atoms with Crippen molar-refractivity contribution in [2.45, 2.75) is 39.8 Å². The highest BCUT2D eigenvalue weighted by Gasteiger charge is 2.39. The maximum Gasteiger partial charge on any atom is 0.389 e. The number of alkyl halides is 3. The van der Waals surface area contributed by atoms with Crippen molar-refractivity contribution in [2.24, 2.45) is 5.41 Å². The van der Waals surface area contributed by atoms with E-state index in [0.29, 0.717) is 0 Å². The number of rotatable bonds is 5. The predicted octanol–water partition coefficient (Wildman–Crippen LogP) is 2.49. The van der Waals surface area contributed by atoms with Gasteiger partial charge in [0, 0.05) is 6.42 Å². The number of halogens is 3. The number of Topliss-reactive ketones (excluding diaryl/α,β-unsaturated/α-hetero) is 1. The third-order valence-electron chi connectivity index (χ3n) is 2.12. The molecule has 0 aliphatic heterocycles. The normalized spacial score (nSPS) is 12.4. The lowest BCUT2D eigenvalue weighted by Crippen LogP contribution is -2.35. The van der Waals surface area contributed by atoms with Gasteiger partial charge in [0.25, 0.3) is 0 Å². The van der Waals surface area contributed by atoms with Crippen LogP contribution >= 0.6 is 0 Å². The van der Waals surface area contributed by atoms with E-state index in [4.69, 9.17) is 0 Å². The fourth-order valence-corrected chi connectivity index (χ4v) is 0.993. The van der Waals surface area contributed by atoms with E-state index < -0.39 is 36.2 Å². The first-order valence-electron chi connectivity index (χ1n) is 4.88. The lowest BCUT2D eigenvalue weighted by atomic mass is 9.86. The molecule has 16 heavy (non-hydrogen) atoms. The molecule has 0 fully saturated rings. The molecule has 0 radical (unpaired) electrons. The van der Waals surface area contributed by atoms with Gasteiger partial charge in [0.05, 0.1) is 13.0 Å². The van der Waals surface area contributed by atoms with Gasteiger partial charge in [0.1, 0.15) is 11.2 Å². The summed E-state index contributed by atoms with van der Waals surface area (Å²) < 4.78 is 40.3. The van der Waals surface area contributed by atoms with Crippen molar-refractivity contribution < 1.29 is 27.5 Å². The van der Waals surface area contributed by atoms with E-state index in [1.807, 2.05) is 0 Å². The second-order valence-electron chi connectivity index (χ2n) is 3.88. The minimum Gasteiger partial charge on any atom is -0.465 e. The molecule has 0 aromatic rings. The van der Waals surface area contributed by atoms with Gasteiger partial charge < -0.3 is 4.74 Å². The Morgan fingerprint density at radius 2 is 1.69 bits per heavy atom. The van der Waals surface area contributed by atoms with Gasteiger partial charge in [-0.2, -0.15) is 13.2 Å². The Hall–Kier alpha value is -1.07. The Bertz CT molecular complexity index is 269. The molecule has 6 heteroatoms. The Morgan fingerprint density at radius 1 is 1.19 bits per heavy atom. The Labute approximate surface area is 92.0 Å².